The zero-order chi connectivity index (χ0) is 12.5. The highest BCUT2D eigenvalue weighted by Crippen LogP contribution is 2.39. The summed E-state index contributed by atoms with van der Waals surface area (Å²) < 4.78 is 0. The second kappa shape index (κ2) is 4.74. The maximum atomic E-state index is 10.3. The number of hydrogen-bond acceptors (Lipinski definition) is 1. The Morgan fingerprint density at radius 1 is 1.11 bits per heavy atom. The van der Waals surface area contributed by atoms with Crippen LogP contribution in [0.15, 0.2) is 42.5 Å². The van der Waals surface area contributed by atoms with Crippen LogP contribution in [0.2, 0.25) is 0 Å². The molecule has 2 unspecified atom stereocenters. The van der Waals surface area contributed by atoms with Gasteiger partial charge in [0, 0.05) is 0 Å². The van der Waals surface area contributed by atoms with Crippen molar-refractivity contribution >= 4 is 10.8 Å². The lowest BCUT2D eigenvalue weighted by Crippen LogP contribution is -2.22. The van der Waals surface area contributed by atoms with Crippen molar-refractivity contribution < 1.29 is 5.11 Å². The summed E-state index contributed by atoms with van der Waals surface area (Å²) in [4.78, 5) is 0. The van der Waals surface area contributed by atoms with E-state index in [-0.39, 0.29) is 6.10 Å². The summed E-state index contributed by atoms with van der Waals surface area (Å²) in [5.41, 5.74) is 1.27. The minimum atomic E-state index is -0.205. The van der Waals surface area contributed by atoms with E-state index in [0.717, 1.165) is 12.3 Å². The van der Waals surface area contributed by atoms with Gasteiger partial charge >= 0.3 is 0 Å². The summed E-state index contributed by atoms with van der Waals surface area (Å²) in [7, 11) is 0. The Kier molecular flexibility index (Phi) is 3.09. The Morgan fingerprint density at radius 2 is 1.83 bits per heavy atom. The van der Waals surface area contributed by atoms with Gasteiger partial charge in [-0.3, -0.25) is 0 Å². The van der Waals surface area contributed by atoms with Crippen LogP contribution < -0.4 is 0 Å². The number of fused-ring (bicyclic) bond motifs is 1. The SMILES string of the molecule is CC(C(O)Cc1cccc2ccccc12)C1CC1. The van der Waals surface area contributed by atoms with Gasteiger partial charge in [-0.05, 0) is 47.4 Å². The van der Waals surface area contributed by atoms with Gasteiger partial charge in [0.05, 0.1) is 6.10 Å². The molecule has 0 spiro atoms. The van der Waals surface area contributed by atoms with Gasteiger partial charge in [-0.2, -0.15) is 0 Å². The number of aliphatic hydroxyl groups excluding tert-OH is 1. The van der Waals surface area contributed by atoms with Crippen molar-refractivity contribution in [2.24, 2.45) is 11.8 Å². The van der Waals surface area contributed by atoms with E-state index in [1.165, 1.54) is 29.2 Å². The molecule has 18 heavy (non-hydrogen) atoms. The van der Waals surface area contributed by atoms with E-state index in [2.05, 4.69) is 49.4 Å². The van der Waals surface area contributed by atoms with Crippen LogP contribution >= 0.6 is 0 Å². The molecule has 0 saturated heterocycles. The van der Waals surface area contributed by atoms with E-state index in [1.54, 1.807) is 0 Å². The van der Waals surface area contributed by atoms with E-state index in [1.807, 2.05) is 0 Å². The van der Waals surface area contributed by atoms with Crippen molar-refractivity contribution in [3.63, 3.8) is 0 Å². The molecule has 1 heteroatoms. The van der Waals surface area contributed by atoms with Crippen molar-refractivity contribution in [3.05, 3.63) is 48.0 Å². The van der Waals surface area contributed by atoms with Crippen LogP contribution in [-0.2, 0) is 6.42 Å². The molecule has 2 aromatic rings. The highest BCUT2D eigenvalue weighted by molar-refractivity contribution is 5.85. The molecule has 0 radical (unpaired) electrons. The van der Waals surface area contributed by atoms with E-state index in [9.17, 15) is 5.11 Å². The Labute approximate surface area is 108 Å². The third kappa shape index (κ3) is 2.28. The molecule has 0 amide bonds. The first-order valence-corrected chi connectivity index (χ1v) is 6.90. The monoisotopic (exact) mass is 240 g/mol. The van der Waals surface area contributed by atoms with Gasteiger partial charge in [-0.25, -0.2) is 0 Å². The zero-order valence-corrected chi connectivity index (χ0v) is 10.8. The van der Waals surface area contributed by atoms with Gasteiger partial charge < -0.3 is 5.11 Å². The van der Waals surface area contributed by atoms with Gasteiger partial charge in [0.25, 0.3) is 0 Å². The molecule has 1 saturated carbocycles. The summed E-state index contributed by atoms with van der Waals surface area (Å²) in [6.45, 7) is 2.19. The van der Waals surface area contributed by atoms with Crippen LogP contribution in [-0.4, -0.2) is 11.2 Å². The molecule has 0 bridgehead atoms. The van der Waals surface area contributed by atoms with Crippen LogP contribution in [0, 0.1) is 11.8 Å². The van der Waals surface area contributed by atoms with Crippen LogP contribution in [0.4, 0.5) is 0 Å². The lowest BCUT2D eigenvalue weighted by atomic mass is 9.91. The minimum absolute atomic E-state index is 0.205. The lowest BCUT2D eigenvalue weighted by Gasteiger charge is -2.19. The van der Waals surface area contributed by atoms with Crippen LogP contribution in [0.25, 0.3) is 10.8 Å². The highest BCUT2D eigenvalue weighted by atomic mass is 16.3. The zero-order valence-electron chi connectivity index (χ0n) is 10.8. The standard InChI is InChI=1S/C17H20O/c1-12(13-9-10-13)17(18)11-15-7-4-6-14-5-2-3-8-16(14)15/h2-8,12-13,17-18H,9-11H2,1H3. The van der Waals surface area contributed by atoms with E-state index >= 15 is 0 Å². The molecule has 1 nitrogen and oxygen atoms in total. The van der Waals surface area contributed by atoms with Crippen molar-refractivity contribution in [1.29, 1.82) is 0 Å². The topological polar surface area (TPSA) is 20.2 Å². The van der Waals surface area contributed by atoms with Crippen molar-refractivity contribution in [2.45, 2.75) is 32.3 Å². The smallest absolute Gasteiger partial charge is 0.0608 e. The minimum Gasteiger partial charge on any atom is -0.392 e. The van der Waals surface area contributed by atoms with Gasteiger partial charge in [0.15, 0.2) is 0 Å². The molecule has 94 valence electrons. The maximum absolute atomic E-state index is 10.3. The first-order valence-electron chi connectivity index (χ1n) is 6.90. The van der Waals surface area contributed by atoms with E-state index < -0.39 is 0 Å². The molecule has 1 aliphatic carbocycles. The molecule has 1 aliphatic rings. The number of hydrogen-bond donors (Lipinski definition) is 1. The Bertz CT molecular complexity index is 537. The van der Waals surface area contributed by atoms with E-state index in [0.29, 0.717) is 5.92 Å². The number of aliphatic hydroxyl groups is 1. The summed E-state index contributed by atoms with van der Waals surface area (Å²) in [6, 6.07) is 14.8. The Balaban J connectivity index is 1.85. The maximum Gasteiger partial charge on any atom is 0.0608 e. The predicted octanol–water partition coefficient (Wildman–Crippen LogP) is 3.79. The second-order valence-electron chi connectivity index (χ2n) is 5.61. The van der Waals surface area contributed by atoms with Crippen LogP contribution in [0.3, 0.4) is 0 Å². The summed E-state index contributed by atoms with van der Waals surface area (Å²) in [6.07, 6.45) is 3.17. The fraction of sp³-hybridized carbons (Fsp3) is 0.412. The van der Waals surface area contributed by atoms with E-state index in [4.69, 9.17) is 0 Å². The first-order chi connectivity index (χ1) is 8.75. The summed E-state index contributed by atoms with van der Waals surface area (Å²) in [5.74, 6) is 1.19. The second-order valence-corrected chi connectivity index (χ2v) is 5.61. The molecule has 1 fully saturated rings. The molecule has 0 aromatic heterocycles. The van der Waals surface area contributed by atoms with Gasteiger partial charge in [0.2, 0.25) is 0 Å². The van der Waals surface area contributed by atoms with Gasteiger partial charge in [-0.1, -0.05) is 49.4 Å². The molecule has 3 rings (SSSR count). The lowest BCUT2D eigenvalue weighted by molar-refractivity contribution is 0.106. The molecule has 2 atom stereocenters. The largest absolute Gasteiger partial charge is 0.392 e. The quantitative estimate of drug-likeness (QED) is 0.862. The molecule has 1 N–H and O–H groups in total. The molecule has 0 aliphatic heterocycles. The molecule has 0 heterocycles. The molecular weight excluding hydrogens is 220 g/mol. The van der Waals surface area contributed by atoms with Crippen LogP contribution in [0.1, 0.15) is 25.3 Å². The van der Waals surface area contributed by atoms with Crippen molar-refractivity contribution in [2.75, 3.05) is 0 Å². The van der Waals surface area contributed by atoms with Crippen molar-refractivity contribution in [3.8, 4) is 0 Å². The first kappa shape index (κ1) is 11.7. The van der Waals surface area contributed by atoms with Gasteiger partial charge in [-0.15, -0.1) is 0 Å². The summed E-state index contributed by atoms with van der Waals surface area (Å²) >= 11 is 0. The van der Waals surface area contributed by atoms with Gasteiger partial charge in [0.1, 0.15) is 0 Å². The Hall–Kier alpha value is -1.34. The third-order valence-electron chi connectivity index (χ3n) is 4.28. The summed E-state index contributed by atoms with van der Waals surface area (Å²) in [5, 5.41) is 12.9. The third-order valence-corrected chi connectivity index (χ3v) is 4.28. The van der Waals surface area contributed by atoms with Crippen LogP contribution in [0.5, 0.6) is 0 Å². The fourth-order valence-corrected chi connectivity index (χ4v) is 2.82. The molecular formula is C17H20O. The highest BCUT2D eigenvalue weighted by Gasteiger charge is 2.32. The normalized spacial score (nSPS) is 18.8. The van der Waals surface area contributed by atoms with Crippen molar-refractivity contribution in [1.82, 2.24) is 0 Å². The molecule has 2 aromatic carbocycles. The Morgan fingerprint density at radius 3 is 2.61 bits per heavy atom. The number of benzene rings is 2. The average molecular weight is 240 g/mol. The number of rotatable bonds is 4. The fourth-order valence-electron chi connectivity index (χ4n) is 2.82. The predicted molar refractivity (Wildman–Crippen MR) is 75.5 cm³/mol. The average Bonchev–Trinajstić information content (AvgIpc) is 3.22.